The van der Waals surface area contributed by atoms with E-state index in [4.69, 9.17) is 9.15 Å². The van der Waals surface area contributed by atoms with Crippen molar-refractivity contribution in [3.8, 4) is 17.5 Å². The highest BCUT2D eigenvalue weighted by Crippen LogP contribution is 2.26. The minimum Gasteiger partial charge on any atom is -0.467 e. The van der Waals surface area contributed by atoms with E-state index in [1.807, 2.05) is 30.3 Å². The number of amides is 1. The molecule has 0 aliphatic carbocycles. The van der Waals surface area contributed by atoms with E-state index in [-0.39, 0.29) is 11.9 Å². The molecule has 0 unspecified atom stereocenters. The Morgan fingerprint density at radius 2 is 1.96 bits per heavy atom. The molecule has 0 fully saturated rings. The monoisotopic (exact) mass is 336 g/mol. The van der Waals surface area contributed by atoms with E-state index in [2.05, 4.69) is 15.0 Å². The molecule has 7 nitrogen and oxygen atoms in total. The van der Waals surface area contributed by atoms with Crippen LogP contribution in [0, 0.1) is 0 Å². The number of carbonyl (C=O) groups is 1. The lowest BCUT2D eigenvalue weighted by atomic mass is 10.1. The van der Waals surface area contributed by atoms with Gasteiger partial charge in [0.2, 0.25) is 5.89 Å². The summed E-state index contributed by atoms with van der Waals surface area (Å²) in [7, 11) is 1.48. The normalized spacial score (nSPS) is 13.4. The van der Waals surface area contributed by atoms with E-state index in [1.54, 1.807) is 4.90 Å². The van der Waals surface area contributed by atoms with Crippen molar-refractivity contribution in [3.63, 3.8) is 0 Å². The van der Waals surface area contributed by atoms with Gasteiger partial charge in [-0.05, 0) is 12.1 Å². The first-order chi connectivity index (χ1) is 12.2. The van der Waals surface area contributed by atoms with Crippen molar-refractivity contribution >= 4 is 5.91 Å². The number of fused-ring (bicyclic) bond motifs is 1. The molecule has 1 aromatic carbocycles. The van der Waals surface area contributed by atoms with Crippen LogP contribution in [0.25, 0.3) is 11.5 Å². The smallest absolute Gasteiger partial charge is 0.316 e. The lowest BCUT2D eigenvalue weighted by Crippen LogP contribution is -2.35. The Balaban J connectivity index is 1.54. The first-order valence-electron chi connectivity index (χ1n) is 7.94. The quantitative estimate of drug-likeness (QED) is 0.730. The third kappa shape index (κ3) is 2.96. The summed E-state index contributed by atoms with van der Waals surface area (Å²) >= 11 is 0. The first-order valence-corrected chi connectivity index (χ1v) is 7.94. The van der Waals surface area contributed by atoms with Gasteiger partial charge in [0.25, 0.3) is 5.91 Å². The van der Waals surface area contributed by atoms with E-state index in [9.17, 15) is 4.79 Å². The van der Waals surface area contributed by atoms with Crippen molar-refractivity contribution in [3.05, 3.63) is 59.7 Å². The predicted octanol–water partition coefficient (Wildman–Crippen LogP) is 2.34. The standard InChI is InChI=1S/C18H16N4O3/c1-24-18-19-9-13(10-20-18)17(23)22-8-7-15-14(11-22)21-16(25-15)12-5-3-2-4-6-12/h2-6,9-10H,7-8,11H2,1H3. The number of aromatic nitrogens is 3. The Labute approximate surface area is 144 Å². The molecular formula is C18H16N4O3. The molecule has 0 atom stereocenters. The Morgan fingerprint density at radius 3 is 2.68 bits per heavy atom. The highest BCUT2D eigenvalue weighted by Gasteiger charge is 2.26. The number of methoxy groups -OCH3 is 1. The van der Waals surface area contributed by atoms with E-state index < -0.39 is 0 Å². The van der Waals surface area contributed by atoms with E-state index >= 15 is 0 Å². The molecule has 3 aromatic rings. The molecule has 0 radical (unpaired) electrons. The molecule has 1 aliphatic rings. The van der Waals surface area contributed by atoms with Crippen LogP contribution >= 0.6 is 0 Å². The van der Waals surface area contributed by atoms with Gasteiger partial charge in [0.1, 0.15) is 11.5 Å². The number of nitrogens with zero attached hydrogens (tertiary/aromatic N) is 4. The predicted molar refractivity (Wildman–Crippen MR) is 89.0 cm³/mol. The summed E-state index contributed by atoms with van der Waals surface area (Å²) < 4.78 is 10.8. The number of carbonyl (C=O) groups excluding carboxylic acids is 1. The summed E-state index contributed by atoms with van der Waals surface area (Å²) in [5.74, 6) is 1.30. The topological polar surface area (TPSA) is 81.4 Å². The van der Waals surface area contributed by atoms with Crippen LogP contribution in [0.5, 0.6) is 6.01 Å². The minimum atomic E-state index is -0.127. The maximum atomic E-state index is 12.6. The fraction of sp³-hybridized carbons (Fsp3) is 0.222. The summed E-state index contributed by atoms with van der Waals surface area (Å²) in [6.07, 6.45) is 3.58. The number of ether oxygens (including phenoxy) is 1. The van der Waals surface area contributed by atoms with Gasteiger partial charge >= 0.3 is 6.01 Å². The van der Waals surface area contributed by atoms with Crippen molar-refractivity contribution in [2.45, 2.75) is 13.0 Å². The lowest BCUT2D eigenvalue weighted by molar-refractivity contribution is 0.0727. The summed E-state index contributed by atoms with van der Waals surface area (Å²) in [6.45, 7) is 0.984. The van der Waals surface area contributed by atoms with Crippen LogP contribution in [0.4, 0.5) is 0 Å². The summed E-state index contributed by atoms with van der Waals surface area (Å²) in [6, 6.07) is 9.98. The van der Waals surface area contributed by atoms with Crippen LogP contribution < -0.4 is 4.74 Å². The maximum Gasteiger partial charge on any atom is 0.316 e. The van der Waals surface area contributed by atoms with Gasteiger partial charge in [0, 0.05) is 30.9 Å². The zero-order chi connectivity index (χ0) is 17.2. The van der Waals surface area contributed by atoms with Crippen LogP contribution in [0.15, 0.2) is 47.1 Å². The first kappa shape index (κ1) is 15.3. The largest absolute Gasteiger partial charge is 0.467 e. The Bertz CT molecular complexity index is 890. The number of hydrogen-bond acceptors (Lipinski definition) is 6. The fourth-order valence-corrected chi connectivity index (χ4v) is 2.79. The number of hydrogen-bond donors (Lipinski definition) is 0. The van der Waals surface area contributed by atoms with Crippen molar-refractivity contribution in [2.24, 2.45) is 0 Å². The van der Waals surface area contributed by atoms with Crippen molar-refractivity contribution in [2.75, 3.05) is 13.7 Å². The molecule has 4 rings (SSSR count). The van der Waals surface area contributed by atoms with Crippen LogP contribution in [0.3, 0.4) is 0 Å². The van der Waals surface area contributed by atoms with E-state index in [0.29, 0.717) is 31.0 Å². The number of oxazole rings is 1. The Hall–Kier alpha value is -3.22. The second-order valence-corrected chi connectivity index (χ2v) is 5.69. The van der Waals surface area contributed by atoms with Gasteiger partial charge < -0.3 is 14.1 Å². The zero-order valence-corrected chi connectivity index (χ0v) is 13.7. The third-order valence-corrected chi connectivity index (χ3v) is 4.09. The minimum absolute atomic E-state index is 0.127. The molecule has 0 saturated heterocycles. The molecule has 0 spiro atoms. The van der Waals surface area contributed by atoms with Gasteiger partial charge in [-0.1, -0.05) is 18.2 Å². The number of rotatable bonds is 3. The molecule has 0 bridgehead atoms. The van der Waals surface area contributed by atoms with E-state index in [1.165, 1.54) is 19.5 Å². The van der Waals surface area contributed by atoms with E-state index in [0.717, 1.165) is 17.0 Å². The third-order valence-electron chi connectivity index (χ3n) is 4.09. The van der Waals surface area contributed by atoms with Gasteiger partial charge in [-0.25, -0.2) is 15.0 Å². The Morgan fingerprint density at radius 1 is 1.20 bits per heavy atom. The van der Waals surface area contributed by atoms with Gasteiger partial charge in [0.05, 0.1) is 19.2 Å². The van der Waals surface area contributed by atoms with Gasteiger partial charge in [-0.3, -0.25) is 4.79 Å². The van der Waals surface area contributed by atoms with Gasteiger partial charge in [-0.15, -0.1) is 0 Å². The zero-order valence-electron chi connectivity index (χ0n) is 13.7. The van der Waals surface area contributed by atoms with Crippen molar-refractivity contribution in [1.82, 2.24) is 19.9 Å². The molecule has 2 aromatic heterocycles. The molecule has 1 amide bonds. The molecule has 0 saturated carbocycles. The van der Waals surface area contributed by atoms with Crippen LogP contribution in [-0.4, -0.2) is 39.4 Å². The van der Waals surface area contributed by atoms with Crippen molar-refractivity contribution in [1.29, 1.82) is 0 Å². The molecule has 0 N–H and O–H groups in total. The SMILES string of the molecule is COc1ncc(C(=O)N2CCc3oc(-c4ccccc4)nc3C2)cn1. The summed E-state index contributed by atoms with van der Waals surface area (Å²) in [5, 5.41) is 0. The summed E-state index contributed by atoms with van der Waals surface area (Å²) in [4.78, 5) is 26.9. The second kappa shape index (κ2) is 6.35. The van der Waals surface area contributed by atoms with Gasteiger partial charge in [-0.2, -0.15) is 0 Å². The van der Waals surface area contributed by atoms with Crippen LogP contribution in [0.1, 0.15) is 21.8 Å². The number of benzene rings is 1. The van der Waals surface area contributed by atoms with Crippen LogP contribution in [-0.2, 0) is 13.0 Å². The fourth-order valence-electron chi connectivity index (χ4n) is 2.79. The Kier molecular flexibility index (Phi) is 3.89. The average Bonchev–Trinajstić information content (AvgIpc) is 3.11. The van der Waals surface area contributed by atoms with Gasteiger partial charge in [0.15, 0.2) is 0 Å². The van der Waals surface area contributed by atoms with Crippen molar-refractivity contribution < 1.29 is 13.9 Å². The molecule has 7 heteroatoms. The lowest BCUT2D eigenvalue weighted by Gasteiger charge is -2.25. The average molecular weight is 336 g/mol. The highest BCUT2D eigenvalue weighted by atomic mass is 16.5. The molecule has 1 aliphatic heterocycles. The van der Waals surface area contributed by atoms with Crippen LogP contribution in [0.2, 0.25) is 0 Å². The second-order valence-electron chi connectivity index (χ2n) is 5.69. The molecule has 3 heterocycles. The summed E-state index contributed by atoms with van der Waals surface area (Å²) in [5.41, 5.74) is 2.15. The molecule has 126 valence electrons. The maximum absolute atomic E-state index is 12.6. The highest BCUT2D eigenvalue weighted by molar-refractivity contribution is 5.93. The molecular weight excluding hydrogens is 320 g/mol. The molecule has 25 heavy (non-hydrogen) atoms.